The Morgan fingerprint density at radius 3 is 2.44 bits per heavy atom. The molecule has 1 aliphatic rings. The molecule has 0 aliphatic heterocycles. The van der Waals surface area contributed by atoms with E-state index in [2.05, 4.69) is 30.3 Å². The van der Waals surface area contributed by atoms with Crippen LogP contribution >= 0.6 is 0 Å². The molecule has 3 rings (SSSR count). The van der Waals surface area contributed by atoms with Crippen molar-refractivity contribution >= 4 is 5.78 Å². The van der Waals surface area contributed by atoms with E-state index < -0.39 is 0 Å². The molecule has 18 heavy (non-hydrogen) atoms. The molecule has 0 saturated carbocycles. The number of ketones is 1. The second-order valence-electron chi connectivity index (χ2n) is 4.93. The molecule has 1 aliphatic carbocycles. The van der Waals surface area contributed by atoms with Crippen LogP contribution in [-0.2, 0) is 6.42 Å². The average molecular weight is 236 g/mol. The predicted octanol–water partition coefficient (Wildman–Crippen LogP) is 3.99. The molecule has 0 radical (unpaired) electrons. The van der Waals surface area contributed by atoms with Crippen LogP contribution in [0.15, 0.2) is 54.6 Å². The van der Waals surface area contributed by atoms with Crippen molar-refractivity contribution in [3.63, 3.8) is 0 Å². The molecule has 0 spiro atoms. The van der Waals surface area contributed by atoms with Crippen LogP contribution in [0.1, 0.15) is 40.2 Å². The van der Waals surface area contributed by atoms with Crippen molar-refractivity contribution in [2.75, 3.05) is 0 Å². The number of carbonyl (C=O) groups excluding carboxylic acids is 1. The zero-order valence-corrected chi connectivity index (χ0v) is 10.3. The van der Waals surface area contributed by atoms with Gasteiger partial charge in [-0.05, 0) is 29.9 Å². The fourth-order valence-electron chi connectivity index (χ4n) is 2.79. The van der Waals surface area contributed by atoms with Crippen molar-refractivity contribution in [3.05, 3.63) is 71.3 Å². The molecule has 0 N–H and O–H groups in total. The number of rotatable bonds is 1. The van der Waals surface area contributed by atoms with Gasteiger partial charge in [0.1, 0.15) is 0 Å². The van der Waals surface area contributed by atoms with Gasteiger partial charge in [0.2, 0.25) is 0 Å². The molecule has 0 bridgehead atoms. The topological polar surface area (TPSA) is 17.1 Å². The Bertz CT molecular complexity index is 557. The SMILES string of the molecule is O=C1CC(c2ccccc2)CCc2ccccc21. The first-order valence-electron chi connectivity index (χ1n) is 6.50. The van der Waals surface area contributed by atoms with Crippen LogP contribution in [0.25, 0.3) is 0 Å². The van der Waals surface area contributed by atoms with E-state index in [1.165, 1.54) is 11.1 Å². The number of aryl methyl sites for hydroxylation is 1. The lowest BCUT2D eigenvalue weighted by atomic mass is 9.91. The lowest BCUT2D eigenvalue weighted by Crippen LogP contribution is -2.04. The zero-order valence-electron chi connectivity index (χ0n) is 10.3. The minimum Gasteiger partial charge on any atom is -0.294 e. The van der Waals surface area contributed by atoms with Crippen LogP contribution in [0, 0.1) is 0 Å². The molecule has 0 heterocycles. The third-order valence-electron chi connectivity index (χ3n) is 3.78. The van der Waals surface area contributed by atoms with Crippen molar-refractivity contribution in [1.82, 2.24) is 0 Å². The largest absolute Gasteiger partial charge is 0.294 e. The van der Waals surface area contributed by atoms with E-state index in [0.717, 1.165) is 18.4 Å². The standard InChI is InChI=1S/C17H16O/c18-17-12-15(13-6-2-1-3-7-13)11-10-14-8-4-5-9-16(14)17/h1-9,15H,10-12H2. The molecule has 90 valence electrons. The first kappa shape index (κ1) is 11.2. The van der Waals surface area contributed by atoms with Crippen LogP contribution in [0.5, 0.6) is 0 Å². The zero-order chi connectivity index (χ0) is 12.4. The van der Waals surface area contributed by atoms with Gasteiger partial charge in [0.05, 0.1) is 0 Å². The summed E-state index contributed by atoms with van der Waals surface area (Å²) in [5.41, 5.74) is 3.43. The summed E-state index contributed by atoms with van der Waals surface area (Å²) in [5, 5.41) is 0. The summed E-state index contributed by atoms with van der Waals surface area (Å²) in [6.45, 7) is 0. The van der Waals surface area contributed by atoms with Gasteiger partial charge in [0.25, 0.3) is 0 Å². The van der Waals surface area contributed by atoms with E-state index in [4.69, 9.17) is 0 Å². The van der Waals surface area contributed by atoms with Gasteiger partial charge in [0.15, 0.2) is 5.78 Å². The maximum Gasteiger partial charge on any atom is 0.163 e. The summed E-state index contributed by atoms with van der Waals surface area (Å²) in [7, 11) is 0. The van der Waals surface area contributed by atoms with Gasteiger partial charge >= 0.3 is 0 Å². The van der Waals surface area contributed by atoms with Crippen LogP contribution in [0.4, 0.5) is 0 Å². The Labute approximate surface area is 107 Å². The molecular formula is C17H16O. The maximum atomic E-state index is 12.3. The van der Waals surface area contributed by atoms with Gasteiger partial charge in [-0.2, -0.15) is 0 Å². The first-order valence-corrected chi connectivity index (χ1v) is 6.50. The van der Waals surface area contributed by atoms with Crippen LogP contribution < -0.4 is 0 Å². The van der Waals surface area contributed by atoms with Crippen molar-refractivity contribution in [2.45, 2.75) is 25.2 Å². The monoisotopic (exact) mass is 236 g/mol. The number of fused-ring (bicyclic) bond motifs is 1. The second kappa shape index (κ2) is 4.77. The fraction of sp³-hybridized carbons (Fsp3) is 0.235. The summed E-state index contributed by atoms with van der Waals surface area (Å²) >= 11 is 0. The molecule has 0 fully saturated rings. The molecule has 0 saturated heterocycles. The number of hydrogen-bond donors (Lipinski definition) is 0. The molecular weight excluding hydrogens is 220 g/mol. The van der Waals surface area contributed by atoms with Gasteiger partial charge in [-0.1, -0.05) is 54.6 Å². The van der Waals surface area contributed by atoms with E-state index >= 15 is 0 Å². The van der Waals surface area contributed by atoms with E-state index in [0.29, 0.717) is 12.3 Å². The van der Waals surface area contributed by atoms with Crippen LogP contribution in [0.3, 0.4) is 0 Å². The van der Waals surface area contributed by atoms with E-state index in [1.807, 2.05) is 24.3 Å². The number of hydrogen-bond acceptors (Lipinski definition) is 1. The lowest BCUT2D eigenvalue weighted by molar-refractivity contribution is 0.0975. The smallest absolute Gasteiger partial charge is 0.163 e. The van der Waals surface area contributed by atoms with Crippen molar-refractivity contribution in [2.24, 2.45) is 0 Å². The summed E-state index contributed by atoms with van der Waals surface area (Å²) in [6.07, 6.45) is 2.70. The highest BCUT2D eigenvalue weighted by molar-refractivity contribution is 5.98. The second-order valence-corrected chi connectivity index (χ2v) is 4.93. The van der Waals surface area contributed by atoms with Crippen LogP contribution in [-0.4, -0.2) is 5.78 Å². The number of carbonyl (C=O) groups is 1. The molecule has 1 nitrogen and oxygen atoms in total. The van der Waals surface area contributed by atoms with Gasteiger partial charge in [0, 0.05) is 12.0 Å². The number of benzene rings is 2. The summed E-state index contributed by atoms with van der Waals surface area (Å²) < 4.78 is 0. The molecule has 1 unspecified atom stereocenters. The summed E-state index contributed by atoms with van der Waals surface area (Å²) in [5.74, 6) is 0.656. The predicted molar refractivity (Wildman–Crippen MR) is 72.9 cm³/mol. The molecule has 0 amide bonds. The third-order valence-corrected chi connectivity index (χ3v) is 3.78. The number of Topliss-reactive ketones (excluding diaryl/α,β-unsaturated/α-hetero) is 1. The molecule has 2 aromatic carbocycles. The Kier molecular flexibility index (Phi) is 2.97. The Morgan fingerprint density at radius 1 is 0.889 bits per heavy atom. The van der Waals surface area contributed by atoms with Crippen LogP contribution in [0.2, 0.25) is 0 Å². The Balaban J connectivity index is 1.91. The van der Waals surface area contributed by atoms with Gasteiger partial charge < -0.3 is 0 Å². The third kappa shape index (κ3) is 2.08. The quantitative estimate of drug-likeness (QED) is 0.684. The highest BCUT2D eigenvalue weighted by atomic mass is 16.1. The minimum absolute atomic E-state index is 0.289. The molecule has 1 atom stereocenters. The van der Waals surface area contributed by atoms with Gasteiger partial charge in [-0.3, -0.25) is 4.79 Å². The van der Waals surface area contributed by atoms with E-state index in [-0.39, 0.29) is 5.78 Å². The lowest BCUT2D eigenvalue weighted by Gasteiger charge is -2.13. The summed E-state index contributed by atoms with van der Waals surface area (Å²) in [6, 6.07) is 18.4. The van der Waals surface area contributed by atoms with Gasteiger partial charge in [-0.25, -0.2) is 0 Å². The maximum absolute atomic E-state index is 12.3. The minimum atomic E-state index is 0.289. The first-order chi connectivity index (χ1) is 8.84. The van der Waals surface area contributed by atoms with Crippen molar-refractivity contribution in [3.8, 4) is 0 Å². The average Bonchev–Trinajstić information content (AvgIpc) is 2.60. The fourth-order valence-corrected chi connectivity index (χ4v) is 2.79. The van der Waals surface area contributed by atoms with E-state index in [9.17, 15) is 4.79 Å². The van der Waals surface area contributed by atoms with Crippen molar-refractivity contribution < 1.29 is 4.79 Å². The highest BCUT2D eigenvalue weighted by Crippen LogP contribution is 2.31. The highest BCUT2D eigenvalue weighted by Gasteiger charge is 2.22. The van der Waals surface area contributed by atoms with E-state index in [1.54, 1.807) is 0 Å². The summed E-state index contributed by atoms with van der Waals surface area (Å²) in [4.78, 5) is 12.3. The van der Waals surface area contributed by atoms with Gasteiger partial charge in [-0.15, -0.1) is 0 Å². The molecule has 2 aromatic rings. The Morgan fingerprint density at radius 2 is 1.61 bits per heavy atom. The normalized spacial score (nSPS) is 19.1. The molecule has 0 aromatic heterocycles. The Hall–Kier alpha value is -1.89. The van der Waals surface area contributed by atoms with Crippen molar-refractivity contribution in [1.29, 1.82) is 0 Å². The molecule has 1 heteroatoms.